The van der Waals surface area contributed by atoms with Gasteiger partial charge in [-0.1, -0.05) is 36.8 Å². The third kappa shape index (κ3) is 4.17. The highest BCUT2D eigenvalue weighted by molar-refractivity contribution is 5.74. The molecular weight excluding hydrogens is 302 g/mol. The molecule has 0 radical (unpaired) electrons. The SMILES string of the molecule is CC(=O)N(Cc1ccccc1)C1(OC2CCCCO2)CCCCC1. The van der Waals surface area contributed by atoms with Crippen LogP contribution in [0, 0.1) is 0 Å². The highest BCUT2D eigenvalue weighted by Crippen LogP contribution is 2.38. The zero-order valence-corrected chi connectivity index (χ0v) is 14.7. The average Bonchev–Trinajstić information content (AvgIpc) is 2.62. The first-order valence-corrected chi connectivity index (χ1v) is 9.31. The van der Waals surface area contributed by atoms with Crippen molar-refractivity contribution < 1.29 is 14.3 Å². The van der Waals surface area contributed by atoms with Crippen molar-refractivity contribution >= 4 is 5.91 Å². The van der Waals surface area contributed by atoms with Gasteiger partial charge in [-0.05, 0) is 50.5 Å². The van der Waals surface area contributed by atoms with E-state index >= 15 is 0 Å². The van der Waals surface area contributed by atoms with Crippen LogP contribution in [0.5, 0.6) is 0 Å². The minimum absolute atomic E-state index is 0.0802. The molecule has 1 amide bonds. The lowest BCUT2D eigenvalue weighted by Crippen LogP contribution is -2.55. The number of amides is 1. The zero-order valence-electron chi connectivity index (χ0n) is 14.7. The van der Waals surface area contributed by atoms with Gasteiger partial charge in [0.15, 0.2) is 6.29 Å². The summed E-state index contributed by atoms with van der Waals surface area (Å²) < 4.78 is 12.3. The summed E-state index contributed by atoms with van der Waals surface area (Å²) in [4.78, 5) is 14.4. The van der Waals surface area contributed by atoms with Crippen LogP contribution < -0.4 is 0 Å². The van der Waals surface area contributed by atoms with Crippen molar-refractivity contribution in [3.8, 4) is 0 Å². The molecule has 24 heavy (non-hydrogen) atoms. The maximum absolute atomic E-state index is 12.5. The fourth-order valence-electron chi connectivity index (χ4n) is 3.91. The lowest BCUT2D eigenvalue weighted by molar-refractivity contribution is -0.277. The van der Waals surface area contributed by atoms with Crippen molar-refractivity contribution in [3.63, 3.8) is 0 Å². The molecule has 1 atom stereocenters. The van der Waals surface area contributed by atoms with Crippen LogP contribution in [0.2, 0.25) is 0 Å². The Morgan fingerprint density at radius 3 is 2.54 bits per heavy atom. The summed E-state index contributed by atoms with van der Waals surface area (Å²) in [6, 6.07) is 10.2. The number of carbonyl (C=O) groups is 1. The highest BCUT2D eigenvalue weighted by atomic mass is 16.7. The Kier molecular flexibility index (Phi) is 5.90. The molecule has 132 valence electrons. The van der Waals surface area contributed by atoms with Gasteiger partial charge in [0.05, 0.1) is 0 Å². The molecule has 1 unspecified atom stereocenters. The van der Waals surface area contributed by atoms with Crippen molar-refractivity contribution in [2.24, 2.45) is 0 Å². The molecule has 1 heterocycles. The van der Waals surface area contributed by atoms with E-state index in [1.54, 1.807) is 6.92 Å². The van der Waals surface area contributed by atoms with Crippen LogP contribution in [-0.4, -0.2) is 29.4 Å². The van der Waals surface area contributed by atoms with Crippen LogP contribution in [0.25, 0.3) is 0 Å². The highest BCUT2D eigenvalue weighted by Gasteiger charge is 2.43. The Morgan fingerprint density at radius 1 is 1.17 bits per heavy atom. The van der Waals surface area contributed by atoms with Gasteiger partial charge in [0.2, 0.25) is 5.91 Å². The first-order chi connectivity index (χ1) is 11.7. The summed E-state index contributed by atoms with van der Waals surface area (Å²) in [5.41, 5.74) is 0.632. The largest absolute Gasteiger partial charge is 0.353 e. The summed E-state index contributed by atoms with van der Waals surface area (Å²) in [6.07, 6.45) is 8.23. The molecule has 3 rings (SSSR count). The maximum Gasteiger partial charge on any atom is 0.221 e. The quantitative estimate of drug-likeness (QED) is 0.758. The lowest BCUT2D eigenvalue weighted by Gasteiger charge is -2.47. The van der Waals surface area contributed by atoms with Crippen LogP contribution in [0.15, 0.2) is 30.3 Å². The fraction of sp³-hybridized carbons (Fsp3) is 0.650. The third-order valence-corrected chi connectivity index (χ3v) is 5.18. The Balaban J connectivity index is 1.81. The Labute approximate surface area is 145 Å². The van der Waals surface area contributed by atoms with Gasteiger partial charge in [-0.2, -0.15) is 0 Å². The van der Waals surface area contributed by atoms with Crippen LogP contribution >= 0.6 is 0 Å². The van der Waals surface area contributed by atoms with E-state index in [0.29, 0.717) is 6.54 Å². The van der Waals surface area contributed by atoms with Gasteiger partial charge < -0.3 is 14.4 Å². The second-order valence-corrected chi connectivity index (χ2v) is 7.01. The second-order valence-electron chi connectivity index (χ2n) is 7.01. The van der Waals surface area contributed by atoms with E-state index < -0.39 is 5.72 Å². The summed E-state index contributed by atoms with van der Waals surface area (Å²) in [6.45, 7) is 3.02. The van der Waals surface area contributed by atoms with Crippen molar-refractivity contribution in [1.82, 2.24) is 4.90 Å². The number of nitrogens with zero attached hydrogens (tertiary/aromatic N) is 1. The van der Waals surface area contributed by atoms with Crippen molar-refractivity contribution in [2.75, 3.05) is 6.61 Å². The van der Waals surface area contributed by atoms with Crippen LogP contribution in [0.3, 0.4) is 0 Å². The summed E-state index contributed by atoms with van der Waals surface area (Å²) in [5, 5.41) is 0. The topological polar surface area (TPSA) is 38.8 Å². The van der Waals surface area contributed by atoms with Gasteiger partial charge in [-0.25, -0.2) is 0 Å². The van der Waals surface area contributed by atoms with Gasteiger partial charge in [0.1, 0.15) is 5.72 Å². The maximum atomic E-state index is 12.5. The Hall–Kier alpha value is -1.39. The molecular formula is C20H29NO3. The van der Waals surface area contributed by atoms with E-state index in [2.05, 4.69) is 12.1 Å². The molecule has 1 saturated carbocycles. The Bertz CT molecular complexity index is 519. The normalized spacial score (nSPS) is 23.6. The predicted octanol–water partition coefficient (Wildman–Crippen LogP) is 4.24. The molecule has 1 aromatic carbocycles. The third-order valence-electron chi connectivity index (χ3n) is 5.18. The van der Waals surface area contributed by atoms with Gasteiger partial charge in [0.25, 0.3) is 0 Å². The molecule has 0 bridgehead atoms. The smallest absolute Gasteiger partial charge is 0.221 e. The van der Waals surface area contributed by atoms with Crippen molar-refractivity contribution in [2.45, 2.75) is 76.9 Å². The lowest BCUT2D eigenvalue weighted by atomic mass is 9.89. The molecule has 4 nitrogen and oxygen atoms in total. The van der Waals surface area contributed by atoms with Crippen LogP contribution in [-0.2, 0) is 20.8 Å². The fourth-order valence-corrected chi connectivity index (χ4v) is 3.91. The van der Waals surface area contributed by atoms with E-state index in [1.165, 1.54) is 6.42 Å². The molecule has 1 saturated heterocycles. The van der Waals surface area contributed by atoms with E-state index in [0.717, 1.165) is 57.1 Å². The summed E-state index contributed by atoms with van der Waals surface area (Å²) >= 11 is 0. The average molecular weight is 331 g/mol. The minimum Gasteiger partial charge on any atom is -0.353 e. The van der Waals surface area contributed by atoms with Gasteiger partial charge in [-0.15, -0.1) is 0 Å². The van der Waals surface area contributed by atoms with E-state index in [9.17, 15) is 4.79 Å². The zero-order chi connectivity index (χ0) is 16.8. The number of benzene rings is 1. The van der Waals surface area contributed by atoms with E-state index in [-0.39, 0.29) is 12.2 Å². The molecule has 0 N–H and O–H groups in total. The molecule has 2 fully saturated rings. The molecule has 4 heteroatoms. The van der Waals surface area contributed by atoms with Gasteiger partial charge in [-0.3, -0.25) is 4.79 Å². The number of rotatable bonds is 5. The molecule has 1 aromatic rings. The molecule has 0 spiro atoms. The summed E-state index contributed by atoms with van der Waals surface area (Å²) in [7, 11) is 0. The Morgan fingerprint density at radius 2 is 1.92 bits per heavy atom. The molecule has 0 aromatic heterocycles. The number of ether oxygens (including phenoxy) is 2. The first-order valence-electron chi connectivity index (χ1n) is 9.31. The number of hydrogen-bond acceptors (Lipinski definition) is 3. The summed E-state index contributed by atoms with van der Waals surface area (Å²) in [5.74, 6) is 0.0802. The predicted molar refractivity (Wildman–Crippen MR) is 93.2 cm³/mol. The van der Waals surface area contributed by atoms with Crippen molar-refractivity contribution in [3.05, 3.63) is 35.9 Å². The van der Waals surface area contributed by atoms with E-state index in [1.807, 2.05) is 23.1 Å². The number of carbonyl (C=O) groups excluding carboxylic acids is 1. The molecule has 2 aliphatic rings. The van der Waals surface area contributed by atoms with E-state index in [4.69, 9.17) is 9.47 Å². The molecule has 1 aliphatic carbocycles. The van der Waals surface area contributed by atoms with Crippen LogP contribution in [0.1, 0.15) is 63.9 Å². The van der Waals surface area contributed by atoms with Crippen LogP contribution in [0.4, 0.5) is 0 Å². The van der Waals surface area contributed by atoms with Gasteiger partial charge >= 0.3 is 0 Å². The molecule has 1 aliphatic heterocycles. The van der Waals surface area contributed by atoms with Crippen molar-refractivity contribution in [1.29, 1.82) is 0 Å². The minimum atomic E-state index is -0.512. The monoisotopic (exact) mass is 331 g/mol. The number of hydrogen-bond donors (Lipinski definition) is 0. The second kappa shape index (κ2) is 8.13. The first kappa shape index (κ1) is 17.4. The van der Waals surface area contributed by atoms with Gasteiger partial charge in [0, 0.05) is 20.1 Å². The standard InChI is InChI=1S/C20H29NO3/c1-17(22)21(16-18-10-4-2-5-11-18)20(13-7-3-8-14-20)24-19-12-6-9-15-23-19/h2,4-5,10-11,19H,3,6-9,12-16H2,1H3.